The SMILES string of the molecule is Fc1cc(Cl)ccc1OCc1ncsc1Br. The highest BCUT2D eigenvalue weighted by Crippen LogP contribution is 2.25. The van der Waals surface area contributed by atoms with Gasteiger partial charge in [0.1, 0.15) is 12.3 Å². The average molecular weight is 323 g/mol. The van der Waals surface area contributed by atoms with E-state index in [-0.39, 0.29) is 12.4 Å². The lowest BCUT2D eigenvalue weighted by atomic mass is 10.3. The molecule has 0 saturated carbocycles. The molecule has 0 spiro atoms. The maximum Gasteiger partial charge on any atom is 0.166 e. The summed E-state index contributed by atoms with van der Waals surface area (Å²) < 4.78 is 19.5. The predicted octanol–water partition coefficient (Wildman–Crippen LogP) is 4.28. The van der Waals surface area contributed by atoms with Gasteiger partial charge >= 0.3 is 0 Å². The molecule has 0 aliphatic heterocycles. The number of hydrogen-bond donors (Lipinski definition) is 0. The Hall–Kier alpha value is -0.650. The molecule has 1 aromatic carbocycles. The van der Waals surface area contributed by atoms with Crippen molar-refractivity contribution in [3.63, 3.8) is 0 Å². The molecule has 1 heterocycles. The third-order valence-electron chi connectivity index (χ3n) is 1.85. The zero-order valence-corrected chi connectivity index (χ0v) is 11.1. The highest BCUT2D eigenvalue weighted by Gasteiger charge is 2.07. The van der Waals surface area contributed by atoms with Gasteiger partial charge in [0, 0.05) is 5.02 Å². The van der Waals surface area contributed by atoms with E-state index in [0.717, 1.165) is 9.48 Å². The molecule has 0 N–H and O–H groups in total. The molecule has 0 amide bonds. The van der Waals surface area contributed by atoms with Crippen molar-refractivity contribution in [1.82, 2.24) is 4.98 Å². The molecule has 0 atom stereocenters. The largest absolute Gasteiger partial charge is 0.484 e. The van der Waals surface area contributed by atoms with Crippen molar-refractivity contribution >= 4 is 38.9 Å². The van der Waals surface area contributed by atoms with Crippen molar-refractivity contribution in [2.24, 2.45) is 0 Å². The number of aromatic nitrogens is 1. The first-order chi connectivity index (χ1) is 7.66. The highest BCUT2D eigenvalue weighted by atomic mass is 79.9. The summed E-state index contributed by atoms with van der Waals surface area (Å²) in [5.74, 6) is -0.303. The standard InChI is InChI=1S/C10H6BrClFNOS/c11-10-8(14-5-16-10)4-15-9-2-1-6(12)3-7(9)13/h1-3,5H,4H2. The smallest absolute Gasteiger partial charge is 0.166 e. The number of hydrogen-bond acceptors (Lipinski definition) is 3. The van der Waals surface area contributed by atoms with E-state index in [1.54, 1.807) is 11.6 Å². The normalized spacial score (nSPS) is 10.4. The van der Waals surface area contributed by atoms with E-state index >= 15 is 0 Å². The van der Waals surface area contributed by atoms with Crippen molar-refractivity contribution < 1.29 is 9.13 Å². The van der Waals surface area contributed by atoms with Crippen LogP contribution in [0.4, 0.5) is 4.39 Å². The third-order valence-corrected chi connectivity index (χ3v) is 3.76. The van der Waals surface area contributed by atoms with Gasteiger partial charge in [0.15, 0.2) is 11.6 Å². The van der Waals surface area contributed by atoms with Crippen LogP contribution in [0.2, 0.25) is 5.02 Å². The van der Waals surface area contributed by atoms with Crippen LogP contribution in [-0.4, -0.2) is 4.98 Å². The summed E-state index contributed by atoms with van der Waals surface area (Å²) >= 11 is 10.4. The minimum atomic E-state index is -0.473. The lowest BCUT2D eigenvalue weighted by molar-refractivity contribution is 0.286. The summed E-state index contributed by atoms with van der Waals surface area (Å²) in [6.45, 7) is 0.225. The van der Waals surface area contributed by atoms with Crippen molar-refractivity contribution in [3.8, 4) is 5.75 Å². The van der Waals surface area contributed by atoms with E-state index in [9.17, 15) is 4.39 Å². The van der Waals surface area contributed by atoms with Gasteiger partial charge < -0.3 is 4.74 Å². The Morgan fingerprint density at radius 2 is 2.31 bits per heavy atom. The number of rotatable bonds is 3. The van der Waals surface area contributed by atoms with Crippen LogP contribution in [0.3, 0.4) is 0 Å². The minimum Gasteiger partial charge on any atom is -0.484 e. The van der Waals surface area contributed by atoms with Crippen LogP contribution < -0.4 is 4.74 Å². The Kier molecular flexibility index (Phi) is 3.78. The molecule has 0 aliphatic rings. The first-order valence-electron chi connectivity index (χ1n) is 4.32. The lowest BCUT2D eigenvalue weighted by Crippen LogP contribution is -1.98. The van der Waals surface area contributed by atoms with E-state index in [0.29, 0.717) is 5.02 Å². The van der Waals surface area contributed by atoms with Gasteiger partial charge in [0.05, 0.1) is 9.30 Å². The summed E-state index contributed by atoms with van der Waals surface area (Å²) in [7, 11) is 0. The van der Waals surface area contributed by atoms with E-state index in [1.807, 2.05) is 0 Å². The molecular weight excluding hydrogens is 317 g/mol. The number of thiazole rings is 1. The van der Waals surface area contributed by atoms with E-state index in [2.05, 4.69) is 20.9 Å². The van der Waals surface area contributed by atoms with Crippen LogP contribution >= 0.6 is 38.9 Å². The van der Waals surface area contributed by atoms with Gasteiger partial charge in [-0.05, 0) is 34.1 Å². The van der Waals surface area contributed by atoms with E-state index in [4.69, 9.17) is 16.3 Å². The number of nitrogens with zero attached hydrogens (tertiary/aromatic N) is 1. The molecule has 2 rings (SSSR count). The van der Waals surface area contributed by atoms with Crippen molar-refractivity contribution in [1.29, 1.82) is 0 Å². The molecular formula is C10H6BrClFNOS. The molecule has 0 unspecified atom stereocenters. The van der Waals surface area contributed by atoms with Gasteiger partial charge in [-0.3, -0.25) is 0 Å². The molecule has 6 heteroatoms. The fourth-order valence-corrected chi connectivity index (χ4v) is 2.23. The molecule has 2 nitrogen and oxygen atoms in total. The van der Waals surface area contributed by atoms with E-state index in [1.165, 1.54) is 23.5 Å². The van der Waals surface area contributed by atoms with Crippen molar-refractivity contribution in [2.45, 2.75) is 6.61 Å². The van der Waals surface area contributed by atoms with Crippen LogP contribution in [0.25, 0.3) is 0 Å². The van der Waals surface area contributed by atoms with Crippen LogP contribution in [0.15, 0.2) is 27.5 Å². The van der Waals surface area contributed by atoms with Crippen LogP contribution in [0, 0.1) is 5.82 Å². The molecule has 0 bridgehead atoms. The van der Waals surface area contributed by atoms with Gasteiger partial charge in [0.2, 0.25) is 0 Å². The molecule has 84 valence electrons. The summed E-state index contributed by atoms with van der Waals surface area (Å²) in [6, 6.07) is 4.29. The topological polar surface area (TPSA) is 22.1 Å². The quantitative estimate of drug-likeness (QED) is 0.841. The maximum atomic E-state index is 13.3. The third kappa shape index (κ3) is 2.72. The second kappa shape index (κ2) is 5.12. The second-order valence-electron chi connectivity index (χ2n) is 2.94. The number of benzene rings is 1. The Labute approximate surface area is 109 Å². The molecule has 2 aromatic rings. The summed E-state index contributed by atoms with van der Waals surface area (Å²) in [5, 5.41) is 0.347. The molecule has 16 heavy (non-hydrogen) atoms. The minimum absolute atomic E-state index is 0.171. The summed E-state index contributed by atoms with van der Waals surface area (Å²) in [6.07, 6.45) is 0. The molecule has 0 aliphatic carbocycles. The van der Waals surface area contributed by atoms with Crippen LogP contribution in [0.5, 0.6) is 5.75 Å². The van der Waals surface area contributed by atoms with Crippen LogP contribution in [0.1, 0.15) is 5.69 Å². The van der Waals surface area contributed by atoms with E-state index < -0.39 is 5.82 Å². The molecule has 0 saturated heterocycles. The summed E-state index contributed by atoms with van der Waals surface area (Å²) in [4.78, 5) is 4.08. The Morgan fingerprint density at radius 1 is 1.50 bits per heavy atom. The summed E-state index contributed by atoms with van der Waals surface area (Å²) in [5.41, 5.74) is 2.44. The monoisotopic (exact) mass is 321 g/mol. The zero-order chi connectivity index (χ0) is 11.5. The molecule has 0 fully saturated rings. The maximum absolute atomic E-state index is 13.3. The fraction of sp³-hybridized carbons (Fsp3) is 0.100. The van der Waals surface area contributed by atoms with Gasteiger partial charge in [-0.25, -0.2) is 9.37 Å². The lowest BCUT2D eigenvalue weighted by Gasteiger charge is -2.05. The van der Waals surface area contributed by atoms with Gasteiger partial charge in [-0.1, -0.05) is 11.6 Å². The molecule has 0 radical (unpaired) electrons. The van der Waals surface area contributed by atoms with Gasteiger partial charge in [-0.15, -0.1) is 11.3 Å². The number of halogens is 3. The Balaban J connectivity index is 2.08. The predicted molar refractivity (Wildman–Crippen MR) is 65.6 cm³/mol. The number of ether oxygens (including phenoxy) is 1. The van der Waals surface area contributed by atoms with Gasteiger partial charge in [-0.2, -0.15) is 0 Å². The van der Waals surface area contributed by atoms with Crippen molar-refractivity contribution in [3.05, 3.63) is 44.0 Å². The van der Waals surface area contributed by atoms with Crippen LogP contribution in [-0.2, 0) is 6.61 Å². The average Bonchev–Trinajstić information content (AvgIpc) is 2.63. The second-order valence-corrected chi connectivity index (χ2v) is 5.55. The molecule has 1 aromatic heterocycles. The zero-order valence-electron chi connectivity index (χ0n) is 7.91. The highest BCUT2D eigenvalue weighted by molar-refractivity contribution is 9.11. The first kappa shape index (κ1) is 11.8. The fourth-order valence-electron chi connectivity index (χ4n) is 1.09. The van der Waals surface area contributed by atoms with Crippen molar-refractivity contribution in [2.75, 3.05) is 0 Å². The van der Waals surface area contributed by atoms with Gasteiger partial charge in [0.25, 0.3) is 0 Å². The first-order valence-corrected chi connectivity index (χ1v) is 6.37. The Bertz CT molecular complexity index is 505. The Morgan fingerprint density at radius 3 is 2.94 bits per heavy atom.